The van der Waals surface area contributed by atoms with E-state index in [1.807, 2.05) is 79.7 Å². The summed E-state index contributed by atoms with van der Waals surface area (Å²) >= 11 is 6.49. The van der Waals surface area contributed by atoms with E-state index in [1.54, 1.807) is 11.0 Å². The molecule has 3 aromatic rings. The van der Waals surface area contributed by atoms with Gasteiger partial charge >= 0.3 is 0 Å². The lowest BCUT2D eigenvalue weighted by atomic mass is 9.94. The summed E-state index contributed by atoms with van der Waals surface area (Å²) in [6.45, 7) is 2.04. The fraction of sp³-hybridized carbons (Fsp3) is 0.355. The molecular formula is C31H35ClN2O3. The first kappa shape index (κ1) is 26.7. The molecule has 2 amide bonds. The maximum atomic E-state index is 13.8. The molecule has 3 aromatic carbocycles. The van der Waals surface area contributed by atoms with E-state index in [9.17, 15) is 9.59 Å². The van der Waals surface area contributed by atoms with E-state index in [4.69, 9.17) is 16.3 Å². The molecule has 0 bridgehead atoms. The van der Waals surface area contributed by atoms with Crippen LogP contribution in [0.5, 0.6) is 5.75 Å². The molecule has 0 radical (unpaired) electrons. The summed E-state index contributed by atoms with van der Waals surface area (Å²) in [5.74, 6) is 0.217. The molecule has 1 aliphatic rings. The minimum atomic E-state index is -0.699. The van der Waals surface area contributed by atoms with Crippen LogP contribution in [-0.2, 0) is 22.6 Å². The normalized spacial score (nSPS) is 14.5. The maximum Gasteiger partial charge on any atom is 0.261 e. The van der Waals surface area contributed by atoms with Gasteiger partial charge in [0.1, 0.15) is 11.8 Å². The third-order valence-corrected chi connectivity index (χ3v) is 7.27. The van der Waals surface area contributed by atoms with Crippen molar-refractivity contribution in [1.82, 2.24) is 10.2 Å². The number of hydrogen-bond donors (Lipinski definition) is 1. The summed E-state index contributed by atoms with van der Waals surface area (Å²) in [7, 11) is 0. The molecule has 0 spiro atoms. The lowest BCUT2D eigenvalue weighted by molar-refractivity contribution is -0.143. The van der Waals surface area contributed by atoms with Gasteiger partial charge in [0, 0.05) is 24.0 Å². The van der Waals surface area contributed by atoms with Crippen LogP contribution in [0.15, 0.2) is 78.9 Å². The topological polar surface area (TPSA) is 58.6 Å². The molecule has 1 aliphatic carbocycles. The summed E-state index contributed by atoms with van der Waals surface area (Å²) in [5.41, 5.74) is 2.89. The van der Waals surface area contributed by atoms with Crippen LogP contribution in [0.1, 0.15) is 48.8 Å². The summed E-state index contributed by atoms with van der Waals surface area (Å²) in [4.78, 5) is 29.1. The standard InChI is InChI=1S/C31H35ClN2O3/c1-23-16-18-27(19-17-23)37-22-30(35)34(21-25-12-8-9-15-28(25)32)29(20-24-10-4-2-5-11-24)31(36)33-26-13-6-3-7-14-26/h2,4-5,8-12,15-19,26,29H,3,6-7,13-14,20-22H2,1H3,(H,33,36)/t29-/m0/s1. The lowest BCUT2D eigenvalue weighted by Gasteiger charge is -2.33. The zero-order chi connectivity index (χ0) is 26.0. The molecule has 0 saturated heterocycles. The molecule has 5 nitrogen and oxygen atoms in total. The minimum absolute atomic E-state index is 0.133. The van der Waals surface area contributed by atoms with Crippen molar-refractivity contribution in [2.45, 2.75) is 64.1 Å². The van der Waals surface area contributed by atoms with E-state index in [-0.39, 0.29) is 31.0 Å². The van der Waals surface area contributed by atoms with Crippen molar-refractivity contribution in [3.05, 3.63) is 101 Å². The van der Waals surface area contributed by atoms with E-state index in [0.29, 0.717) is 17.2 Å². The molecule has 0 aliphatic heterocycles. The number of rotatable bonds is 10. The van der Waals surface area contributed by atoms with Gasteiger partial charge in [0.25, 0.3) is 5.91 Å². The van der Waals surface area contributed by atoms with Gasteiger partial charge in [-0.3, -0.25) is 9.59 Å². The van der Waals surface area contributed by atoms with Crippen molar-refractivity contribution in [3.8, 4) is 5.75 Å². The third kappa shape index (κ3) is 7.83. The quantitative estimate of drug-likeness (QED) is 0.352. The number of nitrogens with zero attached hydrogens (tertiary/aromatic N) is 1. The van der Waals surface area contributed by atoms with Gasteiger partial charge in [-0.2, -0.15) is 0 Å². The van der Waals surface area contributed by atoms with Gasteiger partial charge in [0.05, 0.1) is 0 Å². The zero-order valence-electron chi connectivity index (χ0n) is 21.4. The highest BCUT2D eigenvalue weighted by atomic mass is 35.5. The molecule has 1 N–H and O–H groups in total. The van der Waals surface area contributed by atoms with E-state index in [0.717, 1.165) is 42.4 Å². The average Bonchev–Trinajstić information content (AvgIpc) is 2.92. The Morgan fingerprint density at radius 3 is 2.32 bits per heavy atom. The average molecular weight is 519 g/mol. The van der Waals surface area contributed by atoms with Gasteiger partial charge in [0.2, 0.25) is 5.91 Å². The van der Waals surface area contributed by atoms with Crippen molar-refractivity contribution in [2.24, 2.45) is 0 Å². The SMILES string of the molecule is Cc1ccc(OCC(=O)N(Cc2ccccc2Cl)[C@@H](Cc2ccccc2)C(=O)NC2CCCCC2)cc1. The second-order valence-corrected chi connectivity index (χ2v) is 10.2. The summed E-state index contributed by atoms with van der Waals surface area (Å²) in [5, 5.41) is 3.81. The Hall–Kier alpha value is -3.31. The van der Waals surface area contributed by atoms with Crippen LogP contribution in [0.25, 0.3) is 0 Å². The van der Waals surface area contributed by atoms with E-state index < -0.39 is 6.04 Å². The number of hydrogen-bond acceptors (Lipinski definition) is 3. The first-order valence-corrected chi connectivity index (χ1v) is 13.4. The molecule has 37 heavy (non-hydrogen) atoms. The second kappa shape index (κ2) is 13.3. The van der Waals surface area contributed by atoms with E-state index >= 15 is 0 Å². The van der Waals surface area contributed by atoms with Gasteiger partial charge in [0.15, 0.2) is 6.61 Å². The Kier molecular flexibility index (Phi) is 9.61. The Bertz CT molecular complexity index is 1160. The fourth-order valence-corrected chi connectivity index (χ4v) is 4.97. The molecule has 0 unspecified atom stereocenters. The summed E-state index contributed by atoms with van der Waals surface area (Å²) < 4.78 is 5.85. The van der Waals surface area contributed by atoms with E-state index in [1.165, 1.54) is 6.42 Å². The molecule has 4 rings (SSSR count). The van der Waals surface area contributed by atoms with Crippen molar-refractivity contribution >= 4 is 23.4 Å². The first-order chi connectivity index (χ1) is 18.0. The molecule has 0 heterocycles. The molecule has 194 valence electrons. The monoisotopic (exact) mass is 518 g/mol. The predicted octanol–water partition coefficient (Wildman–Crippen LogP) is 6.12. The second-order valence-electron chi connectivity index (χ2n) is 9.76. The fourth-order valence-electron chi connectivity index (χ4n) is 4.77. The van der Waals surface area contributed by atoms with Crippen molar-refractivity contribution in [1.29, 1.82) is 0 Å². The Morgan fingerprint density at radius 2 is 1.62 bits per heavy atom. The number of carbonyl (C=O) groups is 2. The highest BCUT2D eigenvalue weighted by Crippen LogP contribution is 2.22. The van der Waals surface area contributed by atoms with Crippen molar-refractivity contribution in [3.63, 3.8) is 0 Å². The molecule has 0 aromatic heterocycles. The van der Waals surface area contributed by atoms with Gasteiger partial charge < -0.3 is 15.0 Å². The molecule has 1 saturated carbocycles. The number of ether oxygens (including phenoxy) is 1. The number of carbonyl (C=O) groups excluding carboxylic acids is 2. The van der Waals surface area contributed by atoms with Crippen molar-refractivity contribution < 1.29 is 14.3 Å². The summed E-state index contributed by atoms with van der Waals surface area (Å²) in [6.07, 6.45) is 5.77. The molecular weight excluding hydrogens is 484 g/mol. The number of nitrogens with one attached hydrogen (secondary N) is 1. The van der Waals surface area contributed by atoms with Crippen LogP contribution in [0.4, 0.5) is 0 Å². The highest BCUT2D eigenvalue weighted by Gasteiger charge is 2.32. The van der Waals surface area contributed by atoms with Crippen LogP contribution in [0.2, 0.25) is 5.02 Å². The van der Waals surface area contributed by atoms with Crippen LogP contribution < -0.4 is 10.1 Å². The number of aryl methyl sites for hydroxylation is 1. The molecule has 6 heteroatoms. The summed E-state index contributed by atoms with van der Waals surface area (Å²) in [6, 6.07) is 24.3. The Balaban J connectivity index is 1.61. The predicted molar refractivity (Wildman–Crippen MR) is 148 cm³/mol. The van der Waals surface area contributed by atoms with Crippen molar-refractivity contribution in [2.75, 3.05) is 6.61 Å². The lowest BCUT2D eigenvalue weighted by Crippen LogP contribution is -2.53. The molecule has 1 atom stereocenters. The smallest absolute Gasteiger partial charge is 0.261 e. The van der Waals surface area contributed by atoms with Gasteiger partial charge in [-0.1, -0.05) is 97.1 Å². The minimum Gasteiger partial charge on any atom is -0.484 e. The number of amides is 2. The number of benzene rings is 3. The Morgan fingerprint density at radius 1 is 0.946 bits per heavy atom. The van der Waals surface area contributed by atoms with Crippen LogP contribution in [0, 0.1) is 6.92 Å². The van der Waals surface area contributed by atoms with Crippen LogP contribution in [0.3, 0.4) is 0 Å². The van der Waals surface area contributed by atoms with Gasteiger partial charge in [-0.05, 0) is 49.1 Å². The molecule has 1 fully saturated rings. The largest absolute Gasteiger partial charge is 0.484 e. The first-order valence-electron chi connectivity index (χ1n) is 13.1. The van der Waals surface area contributed by atoms with E-state index in [2.05, 4.69) is 5.32 Å². The maximum absolute atomic E-state index is 13.8. The third-order valence-electron chi connectivity index (χ3n) is 6.90. The Labute approximate surface area is 224 Å². The van der Waals surface area contributed by atoms with Crippen LogP contribution >= 0.6 is 11.6 Å². The zero-order valence-corrected chi connectivity index (χ0v) is 22.1. The highest BCUT2D eigenvalue weighted by molar-refractivity contribution is 6.31. The van der Waals surface area contributed by atoms with Gasteiger partial charge in [-0.15, -0.1) is 0 Å². The van der Waals surface area contributed by atoms with Gasteiger partial charge in [-0.25, -0.2) is 0 Å². The number of halogens is 1. The van der Waals surface area contributed by atoms with Crippen LogP contribution in [-0.4, -0.2) is 35.4 Å².